The van der Waals surface area contributed by atoms with Crippen LogP contribution >= 0.6 is 15.9 Å². The molecular formula is C18H19BrN4O2. The van der Waals surface area contributed by atoms with Crippen molar-refractivity contribution in [2.24, 2.45) is 0 Å². The van der Waals surface area contributed by atoms with Gasteiger partial charge in [-0.3, -0.25) is 14.6 Å². The number of benzene rings is 1. The van der Waals surface area contributed by atoms with Crippen LogP contribution in [0.1, 0.15) is 42.7 Å². The highest BCUT2D eigenvalue weighted by Crippen LogP contribution is 2.35. The lowest BCUT2D eigenvalue weighted by atomic mass is 9.87. The van der Waals surface area contributed by atoms with E-state index in [2.05, 4.69) is 36.1 Å². The SMILES string of the molecule is O=C1CC(c2cccc(Br)c2)c2c(nc(N3CCCCC3)[nH]c2=O)N1. The van der Waals surface area contributed by atoms with E-state index in [4.69, 9.17) is 0 Å². The summed E-state index contributed by atoms with van der Waals surface area (Å²) in [5, 5.41) is 2.79. The molecule has 2 aliphatic heterocycles. The molecule has 1 fully saturated rings. The molecule has 4 rings (SSSR count). The fraction of sp³-hybridized carbons (Fsp3) is 0.389. The molecule has 2 aromatic rings. The minimum atomic E-state index is -0.284. The third-order valence-corrected chi connectivity index (χ3v) is 5.34. The van der Waals surface area contributed by atoms with Crippen LogP contribution in [-0.4, -0.2) is 29.0 Å². The number of amides is 1. The maximum atomic E-state index is 12.8. The zero-order valence-electron chi connectivity index (χ0n) is 13.7. The Labute approximate surface area is 153 Å². The number of piperidine rings is 1. The first-order valence-electron chi connectivity index (χ1n) is 8.56. The van der Waals surface area contributed by atoms with Crippen LogP contribution in [0.4, 0.5) is 11.8 Å². The molecule has 1 amide bonds. The van der Waals surface area contributed by atoms with Gasteiger partial charge in [-0.2, -0.15) is 4.98 Å². The maximum absolute atomic E-state index is 12.8. The largest absolute Gasteiger partial charge is 0.342 e. The van der Waals surface area contributed by atoms with Gasteiger partial charge in [0.2, 0.25) is 11.9 Å². The van der Waals surface area contributed by atoms with Crippen molar-refractivity contribution in [3.63, 3.8) is 0 Å². The first-order chi connectivity index (χ1) is 12.1. The van der Waals surface area contributed by atoms with Gasteiger partial charge in [0, 0.05) is 29.9 Å². The second-order valence-electron chi connectivity index (χ2n) is 6.56. The number of hydrogen-bond acceptors (Lipinski definition) is 4. The molecule has 0 saturated carbocycles. The molecular weight excluding hydrogens is 384 g/mol. The highest BCUT2D eigenvalue weighted by atomic mass is 79.9. The summed E-state index contributed by atoms with van der Waals surface area (Å²) in [5.41, 5.74) is 1.30. The smallest absolute Gasteiger partial charge is 0.258 e. The Morgan fingerprint density at radius 2 is 1.96 bits per heavy atom. The summed E-state index contributed by atoms with van der Waals surface area (Å²) in [4.78, 5) is 34.6. The van der Waals surface area contributed by atoms with Crippen LogP contribution in [0.2, 0.25) is 0 Å². The Bertz CT molecular complexity index is 874. The van der Waals surface area contributed by atoms with Crippen molar-refractivity contribution < 1.29 is 4.79 Å². The van der Waals surface area contributed by atoms with Gasteiger partial charge in [-0.1, -0.05) is 28.1 Å². The second-order valence-corrected chi connectivity index (χ2v) is 7.48. The maximum Gasteiger partial charge on any atom is 0.258 e. The number of anilines is 2. The van der Waals surface area contributed by atoms with E-state index < -0.39 is 0 Å². The van der Waals surface area contributed by atoms with Gasteiger partial charge >= 0.3 is 0 Å². The van der Waals surface area contributed by atoms with Crippen LogP contribution < -0.4 is 15.8 Å². The monoisotopic (exact) mass is 402 g/mol. The molecule has 0 spiro atoms. The molecule has 2 N–H and O–H groups in total. The van der Waals surface area contributed by atoms with Crippen LogP contribution in [0.5, 0.6) is 0 Å². The number of carbonyl (C=O) groups is 1. The number of rotatable bonds is 2. The predicted octanol–water partition coefficient (Wildman–Crippen LogP) is 3.00. The summed E-state index contributed by atoms with van der Waals surface area (Å²) in [5.74, 6) is 0.553. The molecule has 1 saturated heterocycles. The summed E-state index contributed by atoms with van der Waals surface area (Å²) in [6.45, 7) is 1.76. The topological polar surface area (TPSA) is 78.1 Å². The molecule has 1 atom stereocenters. The summed E-state index contributed by atoms with van der Waals surface area (Å²) in [6, 6.07) is 7.73. The van der Waals surface area contributed by atoms with E-state index in [9.17, 15) is 9.59 Å². The van der Waals surface area contributed by atoms with E-state index in [1.54, 1.807) is 0 Å². The van der Waals surface area contributed by atoms with Gasteiger partial charge in [0.05, 0.1) is 5.56 Å². The molecule has 3 heterocycles. The van der Waals surface area contributed by atoms with E-state index in [1.807, 2.05) is 24.3 Å². The summed E-state index contributed by atoms with van der Waals surface area (Å²) in [6.07, 6.45) is 3.63. The van der Waals surface area contributed by atoms with Crippen molar-refractivity contribution in [2.75, 3.05) is 23.3 Å². The zero-order chi connectivity index (χ0) is 17.4. The van der Waals surface area contributed by atoms with Gasteiger partial charge in [-0.25, -0.2) is 0 Å². The van der Waals surface area contributed by atoms with Crippen molar-refractivity contribution in [1.29, 1.82) is 0 Å². The molecule has 25 heavy (non-hydrogen) atoms. The Kier molecular flexibility index (Phi) is 4.33. The van der Waals surface area contributed by atoms with E-state index >= 15 is 0 Å². The number of nitrogens with zero attached hydrogens (tertiary/aromatic N) is 2. The Morgan fingerprint density at radius 3 is 2.72 bits per heavy atom. The van der Waals surface area contributed by atoms with Crippen LogP contribution in [0.3, 0.4) is 0 Å². The lowest BCUT2D eigenvalue weighted by Crippen LogP contribution is -2.36. The minimum absolute atomic E-state index is 0.111. The van der Waals surface area contributed by atoms with Crippen molar-refractivity contribution >= 4 is 33.6 Å². The first kappa shape index (κ1) is 16.3. The van der Waals surface area contributed by atoms with Gasteiger partial charge < -0.3 is 10.2 Å². The second kappa shape index (κ2) is 6.63. The van der Waals surface area contributed by atoms with Crippen molar-refractivity contribution in [3.8, 4) is 0 Å². The van der Waals surface area contributed by atoms with Crippen LogP contribution in [0, 0.1) is 0 Å². The third-order valence-electron chi connectivity index (χ3n) is 4.85. The van der Waals surface area contributed by atoms with Gasteiger partial charge in [0.1, 0.15) is 5.82 Å². The van der Waals surface area contributed by atoms with Crippen molar-refractivity contribution in [3.05, 3.63) is 50.2 Å². The van der Waals surface area contributed by atoms with Gasteiger partial charge in [-0.15, -0.1) is 0 Å². The Hall–Kier alpha value is -2.15. The number of fused-ring (bicyclic) bond motifs is 1. The summed E-state index contributed by atoms with van der Waals surface area (Å²) in [7, 11) is 0. The number of aromatic amines is 1. The average Bonchev–Trinajstić information content (AvgIpc) is 2.61. The number of nitrogens with one attached hydrogen (secondary N) is 2. The van der Waals surface area contributed by atoms with Crippen molar-refractivity contribution in [2.45, 2.75) is 31.6 Å². The fourth-order valence-corrected chi connectivity index (χ4v) is 4.04. The summed E-state index contributed by atoms with van der Waals surface area (Å²) >= 11 is 3.46. The zero-order valence-corrected chi connectivity index (χ0v) is 15.3. The highest BCUT2D eigenvalue weighted by molar-refractivity contribution is 9.10. The Morgan fingerprint density at radius 1 is 1.16 bits per heavy atom. The third kappa shape index (κ3) is 3.20. The molecule has 1 unspecified atom stereocenters. The van der Waals surface area contributed by atoms with Crippen molar-refractivity contribution in [1.82, 2.24) is 9.97 Å². The van der Waals surface area contributed by atoms with E-state index in [0.717, 1.165) is 36.0 Å². The average molecular weight is 403 g/mol. The first-order valence-corrected chi connectivity index (χ1v) is 9.35. The molecule has 2 aliphatic rings. The molecule has 6 nitrogen and oxygen atoms in total. The van der Waals surface area contributed by atoms with E-state index in [1.165, 1.54) is 6.42 Å². The molecule has 1 aromatic heterocycles. The quantitative estimate of drug-likeness (QED) is 0.808. The lowest BCUT2D eigenvalue weighted by molar-refractivity contribution is -0.116. The van der Waals surface area contributed by atoms with E-state index in [-0.39, 0.29) is 23.8 Å². The molecule has 0 bridgehead atoms. The van der Waals surface area contributed by atoms with Crippen LogP contribution in [0.25, 0.3) is 0 Å². The Balaban J connectivity index is 1.78. The number of carbonyl (C=O) groups excluding carboxylic acids is 1. The molecule has 7 heteroatoms. The normalized spacial score (nSPS) is 20.1. The molecule has 0 aliphatic carbocycles. The highest BCUT2D eigenvalue weighted by Gasteiger charge is 2.31. The van der Waals surface area contributed by atoms with E-state index in [0.29, 0.717) is 17.3 Å². The van der Waals surface area contributed by atoms with Gasteiger partial charge in [-0.05, 0) is 37.0 Å². The standard InChI is InChI=1S/C18H19BrN4O2/c19-12-6-4-5-11(9-12)13-10-14(24)20-16-15(13)17(25)22-18(21-16)23-7-2-1-3-8-23/h4-6,9,13H,1-3,7-8,10H2,(H2,20,21,22,24,25). The number of aromatic nitrogens is 2. The van der Waals surface area contributed by atoms with Crippen LogP contribution in [-0.2, 0) is 4.79 Å². The minimum Gasteiger partial charge on any atom is -0.342 e. The van der Waals surface area contributed by atoms with Gasteiger partial charge in [0.15, 0.2) is 0 Å². The molecule has 130 valence electrons. The van der Waals surface area contributed by atoms with Crippen LogP contribution in [0.15, 0.2) is 33.5 Å². The number of hydrogen-bond donors (Lipinski definition) is 2. The lowest BCUT2D eigenvalue weighted by Gasteiger charge is -2.29. The fourth-order valence-electron chi connectivity index (χ4n) is 3.62. The number of H-pyrrole nitrogens is 1. The molecule has 0 radical (unpaired) electrons. The predicted molar refractivity (Wildman–Crippen MR) is 100 cm³/mol. The molecule has 1 aromatic carbocycles. The summed E-state index contributed by atoms with van der Waals surface area (Å²) < 4.78 is 0.923. The number of halogens is 1. The van der Waals surface area contributed by atoms with Gasteiger partial charge in [0.25, 0.3) is 5.56 Å².